The van der Waals surface area contributed by atoms with Crippen LogP contribution < -0.4 is 10.1 Å². The number of anilines is 1. The van der Waals surface area contributed by atoms with E-state index >= 15 is 0 Å². The molecular formula is C11H7F4NO3. The minimum absolute atomic E-state index is 0.00725. The van der Waals surface area contributed by atoms with Gasteiger partial charge in [-0.3, -0.25) is 9.59 Å². The van der Waals surface area contributed by atoms with Crippen molar-refractivity contribution in [3.63, 3.8) is 0 Å². The molecule has 0 spiro atoms. The Bertz CT molecular complexity index is 545. The zero-order valence-electron chi connectivity index (χ0n) is 9.25. The van der Waals surface area contributed by atoms with Crippen LogP contribution in [-0.2, 0) is 4.79 Å². The van der Waals surface area contributed by atoms with Crippen LogP contribution >= 0.6 is 0 Å². The Labute approximate surface area is 104 Å². The molecule has 8 heteroatoms. The smallest absolute Gasteiger partial charge is 0.368 e. The van der Waals surface area contributed by atoms with E-state index in [9.17, 15) is 27.2 Å². The number of carbonyl (C=O) groups excluding carboxylic acids is 2. The van der Waals surface area contributed by atoms with Crippen molar-refractivity contribution in [2.45, 2.75) is 12.3 Å². The van der Waals surface area contributed by atoms with Gasteiger partial charge in [0.2, 0.25) is 5.78 Å². The second-order valence-corrected chi connectivity index (χ2v) is 3.80. The lowest BCUT2D eigenvalue weighted by molar-refractivity contribution is -0.118. The molecule has 0 unspecified atom stereocenters. The highest BCUT2D eigenvalue weighted by atomic mass is 19.3. The standard InChI is InChI=1S/C11H7F4NO3/c12-10(13)11(14,15)9(18)5-1-2-7-6(3-5)16-8(17)4-19-7/h1-3,10H,4H2,(H,16,17). The van der Waals surface area contributed by atoms with Crippen LogP contribution in [0.4, 0.5) is 23.2 Å². The molecule has 0 fully saturated rings. The molecule has 2 rings (SSSR count). The predicted octanol–water partition coefficient (Wildman–Crippen LogP) is 2.10. The number of amides is 1. The fourth-order valence-electron chi connectivity index (χ4n) is 1.52. The summed E-state index contributed by atoms with van der Waals surface area (Å²) in [5.74, 6) is -7.13. The van der Waals surface area contributed by atoms with Gasteiger partial charge in [0.15, 0.2) is 6.61 Å². The third-order valence-corrected chi connectivity index (χ3v) is 2.45. The van der Waals surface area contributed by atoms with Gasteiger partial charge in [-0.2, -0.15) is 8.78 Å². The molecule has 19 heavy (non-hydrogen) atoms. The Morgan fingerprint density at radius 3 is 2.68 bits per heavy atom. The lowest BCUT2D eigenvalue weighted by atomic mass is 10.0. The topological polar surface area (TPSA) is 55.4 Å². The van der Waals surface area contributed by atoms with Crippen LogP contribution in [0.15, 0.2) is 18.2 Å². The number of fused-ring (bicyclic) bond motifs is 1. The van der Waals surface area contributed by atoms with Gasteiger partial charge in [0.25, 0.3) is 5.91 Å². The van der Waals surface area contributed by atoms with E-state index in [-0.39, 0.29) is 18.0 Å². The third kappa shape index (κ3) is 2.38. The maximum Gasteiger partial charge on any atom is 0.368 e. The van der Waals surface area contributed by atoms with Gasteiger partial charge in [-0.05, 0) is 18.2 Å². The fourth-order valence-corrected chi connectivity index (χ4v) is 1.52. The van der Waals surface area contributed by atoms with Crippen LogP contribution in [0.25, 0.3) is 0 Å². The molecule has 0 aromatic heterocycles. The Hall–Kier alpha value is -2.12. The molecule has 102 valence electrons. The average Bonchev–Trinajstić information content (AvgIpc) is 2.36. The number of ketones is 1. The maximum atomic E-state index is 12.9. The summed E-state index contributed by atoms with van der Waals surface area (Å²) in [4.78, 5) is 22.3. The number of halogens is 4. The number of rotatable bonds is 3. The van der Waals surface area contributed by atoms with Crippen LogP contribution in [0.3, 0.4) is 0 Å². The van der Waals surface area contributed by atoms with E-state index in [1.165, 1.54) is 0 Å². The normalized spacial score (nSPS) is 14.7. The molecule has 1 aromatic rings. The summed E-state index contributed by atoms with van der Waals surface area (Å²) < 4.78 is 54.9. The summed E-state index contributed by atoms with van der Waals surface area (Å²) in [5, 5.41) is 2.29. The first-order valence-electron chi connectivity index (χ1n) is 5.10. The molecule has 1 N–H and O–H groups in total. The van der Waals surface area contributed by atoms with Crippen LogP contribution in [-0.4, -0.2) is 30.6 Å². The maximum absolute atomic E-state index is 12.9. The van der Waals surface area contributed by atoms with Crippen molar-refractivity contribution < 1.29 is 31.9 Å². The van der Waals surface area contributed by atoms with E-state index in [2.05, 4.69) is 5.32 Å². The number of nitrogens with one attached hydrogen (secondary N) is 1. The monoisotopic (exact) mass is 277 g/mol. The van der Waals surface area contributed by atoms with Gasteiger partial charge in [-0.15, -0.1) is 0 Å². The Balaban J connectivity index is 2.35. The van der Waals surface area contributed by atoms with Crippen molar-refractivity contribution in [3.05, 3.63) is 23.8 Å². The number of Topliss-reactive ketones (excluding diaryl/α,β-unsaturated/α-hetero) is 1. The number of alkyl halides is 4. The van der Waals surface area contributed by atoms with Crippen molar-refractivity contribution in [2.24, 2.45) is 0 Å². The van der Waals surface area contributed by atoms with E-state index in [1.54, 1.807) is 0 Å². The fraction of sp³-hybridized carbons (Fsp3) is 0.273. The second-order valence-electron chi connectivity index (χ2n) is 3.80. The molecule has 1 amide bonds. The minimum Gasteiger partial charge on any atom is -0.482 e. The zero-order chi connectivity index (χ0) is 14.2. The molecule has 0 saturated heterocycles. The van der Waals surface area contributed by atoms with E-state index in [1.807, 2.05) is 0 Å². The number of hydrogen-bond donors (Lipinski definition) is 1. The molecule has 0 atom stereocenters. The lowest BCUT2D eigenvalue weighted by Crippen LogP contribution is -2.36. The van der Waals surface area contributed by atoms with Crippen molar-refractivity contribution in [1.82, 2.24) is 0 Å². The predicted molar refractivity (Wildman–Crippen MR) is 55.8 cm³/mol. The molecule has 1 heterocycles. The average molecular weight is 277 g/mol. The van der Waals surface area contributed by atoms with E-state index in [0.717, 1.165) is 18.2 Å². The van der Waals surface area contributed by atoms with Gasteiger partial charge < -0.3 is 10.1 Å². The highest BCUT2D eigenvalue weighted by molar-refractivity contribution is 6.04. The van der Waals surface area contributed by atoms with Crippen LogP contribution in [0.5, 0.6) is 5.75 Å². The van der Waals surface area contributed by atoms with Crippen molar-refractivity contribution in [3.8, 4) is 5.75 Å². The summed E-state index contributed by atoms with van der Waals surface area (Å²) in [6, 6.07) is 2.98. The van der Waals surface area contributed by atoms with Gasteiger partial charge in [0.1, 0.15) is 5.75 Å². The SMILES string of the molecule is O=C1COc2ccc(C(=O)C(F)(F)C(F)F)cc2N1. The van der Waals surface area contributed by atoms with E-state index < -0.39 is 29.6 Å². The van der Waals surface area contributed by atoms with Crippen molar-refractivity contribution in [1.29, 1.82) is 0 Å². The van der Waals surface area contributed by atoms with E-state index in [4.69, 9.17) is 4.74 Å². The quantitative estimate of drug-likeness (QED) is 0.680. The Morgan fingerprint density at radius 2 is 2.05 bits per heavy atom. The van der Waals surface area contributed by atoms with Crippen LogP contribution in [0, 0.1) is 0 Å². The zero-order valence-corrected chi connectivity index (χ0v) is 9.25. The molecule has 1 aliphatic rings. The number of ether oxygens (including phenoxy) is 1. The summed E-state index contributed by atoms with van der Waals surface area (Å²) in [7, 11) is 0. The second kappa shape index (κ2) is 4.52. The Kier molecular flexibility index (Phi) is 3.17. The summed E-state index contributed by atoms with van der Waals surface area (Å²) in [6.07, 6.45) is -4.10. The lowest BCUT2D eigenvalue weighted by Gasteiger charge is -2.19. The van der Waals surface area contributed by atoms with Gasteiger partial charge in [0, 0.05) is 5.56 Å². The summed E-state index contributed by atoms with van der Waals surface area (Å²) in [6.45, 7) is -0.243. The molecule has 4 nitrogen and oxygen atoms in total. The summed E-state index contributed by atoms with van der Waals surface area (Å²) in [5.41, 5.74) is -0.637. The number of benzene rings is 1. The first-order chi connectivity index (χ1) is 8.82. The van der Waals surface area contributed by atoms with Gasteiger partial charge >= 0.3 is 12.3 Å². The first kappa shape index (κ1) is 13.3. The minimum atomic E-state index is -4.77. The van der Waals surface area contributed by atoms with Crippen LogP contribution in [0.2, 0.25) is 0 Å². The van der Waals surface area contributed by atoms with Crippen molar-refractivity contribution in [2.75, 3.05) is 11.9 Å². The molecule has 1 aliphatic heterocycles. The largest absolute Gasteiger partial charge is 0.482 e. The third-order valence-electron chi connectivity index (χ3n) is 2.45. The molecule has 0 radical (unpaired) electrons. The van der Waals surface area contributed by atoms with Gasteiger partial charge in [0.05, 0.1) is 5.69 Å². The highest BCUT2D eigenvalue weighted by Gasteiger charge is 2.49. The number of carbonyl (C=O) groups is 2. The molecule has 0 saturated carbocycles. The molecular weight excluding hydrogens is 270 g/mol. The molecule has 1 aromatic carbocycles. The van der Waals surface area contributed by atoms with Crippen LogP contribution in [0.1, 0.15) is 10.4 Å². The van der Waals surface area contributed by atoms with E-state index in [0.29, 0.717) is 0 Å². The van der Waals surface area contributed by atoms with Gasteiger partial charge in [-0.25, -0.2) is 8.78 Å². The Morgan fingerprint density at radius 1 is 1.37 bits per heavy atom. The van der Waals surface area contributed by atoms with Crippen molar-refractivity contribution >= 4 is 17.4 Å². The highest BCUT2D eigenvalue weighted by Crippen LogP contribution is 2.32. The molecule has 0 aliphatic carbocycles. The molecule has 0 bridgehead atoms. The first-order valence-corrected chi connectivity index (χ1v) is 5.10. The summed E-state index contributed by atoms with van der Waals surface area (Å²) >= 11 is 0. The number of hydrogen-bond acceptors (Lipinski definition) is 3. The van der Waals surface area contributed by atoms with Gasteiger partial charge in [-0.1, -0.05) is 0 Å².